The molecule has 1 saturated heterocycles. The van der Waals surface area contributed by atoms with Gasteiger partial charge in [0.2, 0.25) is 0 Å². The third-order valence-corrected chi connectivity index (χ3v) is 4.49. The highest BCUT2D eigenvalue weighted by Crippen LogP contribution is 2.27. The zero-order chi connectivity index (χ0) is 12.4. The molecule has 94 valence electrons. The minimum Gasteiger partial charge on any atom is -0.399 e. The van der Waals surface area contributed by atoms with Crippen LogP contribution in [-0.4, -0.2) is 18.0 Å². The van der Waals surface area contributed by atoms with Gasteiger partial charge in [0.05, 0.1) is 0 Å². The van der Waals surface area contributed by atoms with E-state index in [0.29, 0.717) is 0 Å². The van der Waals surface area contributed by atoms with Crippen LogP contribution in [0.2, 0.25) is 0 Å². The fourth-order valence-electron chi connectivity index (χ4n) is 2.51. The third-order valence-electron chi connectivity index (χ3n) is 3.72. The van der Waals surface area contributed by atoms with Crippen molar-refractivity contribution in [3.05, 3.63) is 28.2 Å². The van der Waals surface area contributed by atoms with Gasteiger partial charge in [0, 0.05) is 23.2 Å². The zero-order valence-electron chi connectivity index (χ0n) is 10.6. The summed E-state index contributed by atoms with van der Waals surface area (Å²) in [5.41, 5.74) is 7.99. The van der Waals surface area contributed by atoms with E-state index in [2.05, 4.69) is 40.7 Å². The largest absolute Gasteiger partial charge is 0.399 e. The molecule has 2 N–H and O–H groups in total. The summed E-state index contributed by atoms with van der Waals surface area (Å²) >= 11 is 3.60. The van der Waals surface area contributed by atoms with E-state index in [1.165, 1.54) is 29.5 Å². The highest BCUT2D eigenvalue weighted by molar-refractivity contribution is 9.10. The van der Waals surface area contributed by atoms with Crippen molar-refractivity contribution >= 4 is 21.6 Å². The van der Waals surface area contributed by atoms with Crippen molar-refractivity contribution in [2.45, 2.75) is 26.8 Å². The first-order valence-electron chi connectivity index (χ1n) is 6.32. The van der Waals surface area contributed by atoms with Crippen molar-refractivity contribution in [3.63, 3.8) is 0 Å². The maximum Gasteiger partial charge on any atom is 0.0318 e. The van der Waals surface area contributed by atoms with Crippen LogP contribution in [0.25, 0.3) is 0 Å². The van der Waals surface area contributed by atoms with Gasteiger partial charge in [0.1, 0.15) is 0 Å². The SMILES string of the molecule is CC(C)C1CCN(Cc2cc(N)ccc2Br)C1. The number of nitrogens with zero attached hydrogens (tertiary/aromatic N) is 1. The normalized spacial score (nSPS) is 21.3. The predicted molar refractivity (Wildman–Crippen MR) is 76.8 cm³/mol. The van der Waals surface area contributed by atoms with Gasteiger partial charge in [-0.3, -0.25) is 4.90 Å². The number of hydrogen-bond donors (Lipinski definition) is 1. The zero-order valence-corrected chi connectivity index (χ0v) is 12.2. The quantitative estimate of drug-likeness (QED) is 0.865. The number of nitrogen functional groups attached to an aromatic ring is 1. The van der Waals surface area contributed by atoms with Crippen LogP contribution < -0.4 is 5.73 Å². The molecular weight excluding hydrogens is 276 g/mol. The first kappa shape index (κ1) is 12.9. The van der Waals surface area contributed by atoms with E-state index in [-0.39, 0.29) is 0 Å². The molecule has 1 unspecified atom stereocenters. The van der Waals surface area contributed by atoms with Gasteiger partial charge in [0.15, 0.2) is 0 Å². The number of rotatable bonds is 3. The lowest BCUT2D eigenvalue weighted by atomic mass is 9.95. The smallest absolute Gasteiger partial charge is 0.0318 e. The third kappa shape index (κ3) is 3.23. The molecule has 0 amide bonds. The van der Waals surface area contributed by atoms with Gasteiger partial charge in [-0.25, -0.2) is 0 Å². The average molecular weight is 297 g/mol. The summed E-state index contributed by atoms with van der Waals surface area (Å²) in [7, 11) is 0. The summed E-state index contributed by atoms with van der Waals surface area (Å²) in [5.74, 6) is 1.65. The van der Waals surface area contributed by atoms with Crippen LogP contribution in [0.3, 0.4) is 0 Å². The second-order valence-electron chi connectivity index (χ2n) is 5.38. The molecule has 0 saturated carbocycles. The predicted octanol–water partition coefficient (Wildman–Crippen LogP) is 3.51. The Morgan fingerprint density at radius 2 is 2.24 bits per heavy atom. The monoisotopic (exact) mass is 296 g/mol. The van der Waals surface area contributed by atoms with Crippen LogP contribution >= 0.6 is 15.9 Å². The molecule has 1 aliphatic heterocycles. The van der Waals surface area contributed by atoms with Gasteiger partial charge in [-0.1, -0.05) is 29.8 Å². The Kier molecular flexibility index (Phi) is 4.10. The van der Waals surface area contributed by atoms with Crippen molar-refractivity contribution in [1.29, 1.82) is 0 Å². The molecule has 0 aliphatic carbocycles. The van der Waals surface area contributed by atoms with Crippen molar-refractivity contribution in [3.8, 4) is 0 Å². The molecule has 1 aliphatic rings. The van der Waals surface area contributed by atoms with Gasteiger partial charge in [0.25, 0.3) is 0 Å². The summed E-state index contributed by atoms with van der Waals surface area (Å²) in [5, 5.41) is 0. The molecule has 2 nitrogen and oxygen atoms in total. The number of benzene rings is 1. The topological polar surface area (TPSA) is 29.3 Å². The van der Waals surface area contributed by atoms with E-state index in [9.17, 15) is 0 Å². The number of likely N-dealkylation sites (tertiary alicyclic amines) is 1. The Hall–Kier alpha value is -0.540. The van der Waals surface area contributed by atoms with E-state index < -0.39 is 0 Å². The minimum absolute atomic E-state index is 0.796. The van der Waals surface area contributed by atoms with Gasteiger partial charge < -0.3 is 5.73 Å². The Morgan fingerprint density at radius 1 is 1.47 bits per heavy atom. The van der Waals surface area contributed by atoms with Gasteiger partial charge >= 0.3 is 0 Å². The maximum absolute atomic E-state index is 5.84. The molecule has 1 aromatic carbocycles. The van der Waals surface area contributed by atoms with Gasteiger partial charge in [-0.2, -0.15) is 0 Å². The number of halogens is 1. The second kappa shape index (κ2) is 5.40. The molecule has 1 heterocycles. The molecule has 0 radical (unpaired) electrons. The average Bonchev–Trinajstić information content (AvgIpc) is 2.72. The lowest BCUT2D eigenvalue weighted by Crippen LogP contribution is -2.21. The van der Waals surface area contributed by atoms with E-state index in [1.807, 2.05) is 12.1 Å². The Labute approximate surface area is 112 Å². The molecule has 0 bridgehead atoms. The lowest BCUT2D eigenvalue weighted by Gasteiger charge is -2.18. The van der Waals surface area contributed by atoms with Crippen LogP contribution in [-0.2, 0) is 6.54 Å². The number of anilines is 1. The molecule has 0 aromatic heterocycles. The molecule has 1 aromatic rings. The summed E-state index contributed by atoms with van der Waals surface area (Å²) in [4.78, 5) is 2.53. The fraction of sp³-hybridized carbons (Fsp3) is 0.571. The summed E-state index contributed by atoms with van der Waals surface area (Å²) < 4.78 is 1.17. The minimum atomic E-state index is 0.796. The number of hydrogen-bond acceptors (Lipinski definition) is 2. The Bertz CT molecular complexity index is 390. The van der Waals surface area contributed by atoms with E-state index in [4.69, 9.17) is 5.73 Å². The van der Waals surface area contributed by atoms with Crippen molar-refractivity contribution in [2.75, 3.05) is 18.8 Å². The van der Waals surface area contributed by atoms with Crippen molar-refractivity contribution < 1.29 is 0 Å². The van der Waals surface area contributed by atoms with Crippen LogP contribution in [0.4, 0.5) is 5.69 Å². The summed E-state index contributed by atoms with van der Waals surface area (Å²) in [6.07, 6.45) is 1.33. The molecule has 0 spiro atoms. The molecule has 2 rings (SSSR count). The van der Waals surface area contributed by atoms with Crippen LogP contribution in [0.5, 0.6) is 0 Å². The van der Waals surface area contributed by atoms with Gasteiger partial charge in [-0.05, 0) is 48.6 Å². The van der Waals surface area contributed by atoms with E-state index >= 15 is 0 Å². The first-order chi connectivity index (χ1) is 8.06. The summed E-state index contributed by atoms with van der Waals surface area (Å²) in [6.45, 7) is 8.09. The highest BCUT2D eigenvalue weighted by Gasteiger charge is 2.24. The standard InChI is InChI=1S/C14H21BrN2/c1-10(2)11-5-6-17(8-11)9-12-7-13(16)3-4-14(12)15/h3-4,7,10-11H,5-6,8-9,16H2,1-2H3. The van der Waals surface area contributed by atoms with Crippen LogP contribution in [0.1, 0.15) is 25.8 Å². The van der Waals surface area contributed by atoms with E-state index in [0.717, 1.165) is 24.1 Å². The first-order valence-corrected chi connectivity index (χ1v) is 7.12. The Balaban J connectivity index is 2.00. The van der Waals surface area contributed by atoms with Crippen LogP contribution in [0.15, 0.2) is 22.7 Å². The van der Waals surface area contributed by atoms with Crippen molar-refractivity contribution in [1.82, 2.24) is 4.90 Å². The fourth-order valence-corrected chi connectivity index (χ4v) is 2.88. The van der Waals surface area contributed by atoms with Gasteiger partial charge in [-0.15, -0.1) is 0 Å². The summed E-state index contributed by atoms with van der Waals surface area (Å²) in [6, 6.07) is 6.06. The molecule has 1 atom stereocenters. The number of nitrogens with two attached hydrogens (primary N) is 1. The van der Waals surface area contributed by atoms with E-state index in [1.54, 1.807) is 0 Å². The molecule has 3 heteroatoms. The van der Waals surface area contributed by atoms with Crippen molar-refractivity contribution in [2.24, 2.45) is 11.8 Å². The maximum atomic E-state index is 5.84. The highest BCUT2D eigenvalue weighted by atomic mass is 79.9. The second-order valence-corrected chi connectivity index (χ2v) is 6.23. The lowest BCUT2D eigenvalue weighted by molar-refractivity contribution is 0.296. The van der Waals surface area contributed by atoms with Crippen LogP contribution in [0, 0.1) is 11.8 Å². The molecule has 17 heavy (non-hydrogen) atoms. The molecule has 1 fully saturated rings. The Morgan fingerprint density at radius 3 is 2.88 bits per heavy atom. The molecular formula is C14H21BrN2.